The Balaban J connectivity index is 0.000000811. The molecule has 0 aliphatic rings. The third kappa shape index (κ3) is 39.1. The van der Waals surface area contributed by atoms with Gasteiger partial charge in [-0.3, -0.25) is 39.9 Å². The molecule has 0 aliphatic carbocycles. The van der Waals surface area contributed by atoms with Crippen molar-refractivity contribution < 1.29 is 94.4 Å². The molecular formula is C44H38F12N10OP2Ru2. The van der Waals surface area contributed by atoms with Crippen LogP contribution in [0.4, 0.5) is 50.4 Å². The van der Waals surface area contributed by atoms with Gasteiger partial charge in [0.05, 0.1) is 45.6 Å². The van der Waals surface area contributed by atoms with Crippen LogP contribution in [0.3, 0.4) is 0 Å². The first kappa shape index (κ1) is 64.6. The fraction of sp³-hybridized carbons (Fsp3) is 0.0227. The summed E-state index contributed by atoms with van der Waals surface area (Å²) in [6, 6.07) is 48.2. The van der Waals surface area contributed by atoms with Crippen molar-refractivity contribution in [3.8, 4) is 45.6 Å². The molecule has 9 aromatic rings. The third-order valence-corrected chi connectivity index (χ3v) is 6.74. The number of hydrogen-bond acceptors (Lipinski definition) is 10. The zero-order chi connectivity index (χ0) is 51.3. The van der Waals surface area contributed by atoms with Gasteiger partial charge in [-0.2, -0.15) is 13.3 Å². The fourth-order valence-corrected chi connectivity index (χ4v) is 4.31. The van der Waals surface area contributed by atoms with Gasteiger partial charge in [-0.15, -0.1) is 0 Å². The van der Waals surface area contributed by atoms with Gasteiger partial charge in [0.25, 0.3) is 0 Å². The minimum Gasteiger partial charge on any atom is -0.582 e. The van der Waals surface area contributed by atoms with Crippen LogP contribution < -0.4 is 10.2 Å². The first-order valence-electron chi connectivity index (χ1n) is 19.0. The average Bonchev–Trinajstić information content (AvgIpc) is 3.94. The standard InChI is InChI=1S/4C10H8N2.C3H3N2.CH3O.2F6P.2Ru/c4*1-3-7-11-9(5-1)10-6-2-4-8-12-10;1-2-4-5-3-1;1-2;2*1-7(2,3,4,5)6;;/h4*1-8H;1-3H;1H3;;;;/q;;;;4*-1;2*+2. The van der Waals surface area contributed by atoms with Gasteiger partial charge in [0.15, 0.2) is 0 Å². The van der Waals surface area contributed by atoms with Gasteiger partial charge in [-0.1, -0.05) is 54.6 Å². The molecule has 9 rings (SSSR count). The van der Waals surface area contributed by atoms with E-state index in [0.29, 0.717) is 0 Å². The van der Waals surface area contributed by atoms with E-state index in [1.165, 1.54) is 0 Å². The number of hydrogen-bond donors (Lipinski definition) is 0. The molecule has 0 saturated carbocycles. The summed E-state index contributed by atoms with van der Waals surface area (Å²) < 4.78 is 118. The Morgan fingerprint density at radius 2 is 0.437 bits per heavy atom. The molecule has 0 amide bonds. The fourth-order valence-electron chi connectivity index (χ4n) is 4.31. The molecule has 0 radical (unpaired) electrons. The molecule has 0 aliphatic heterocycles. The zero-order valence-corrected chi connectivity index (χ0v) is 41.5. The number of halogens is 12. The van der Waals surface area contributed by atoms with Gasteiger partial charge in [0.1, 0.15) is 0 Å². The van der Waals surface area contributed by atoms with Gasteiger partial charge in [0, 0.05) is 55.8 Å². The number of pyridine rings is 8. The monoisotopic (exact) mass is 1220 g/mol. The van der Waals surface area contributed by atoms with Crippen LogP contribution >= 0.6 is 15.6 Å². The maximum absolute atomic E-state index is 10.7. The van der Waals surface area contributed by atoms with Crippen molar-refractivity contribution >= 4 is 15.6 Å². The molecule has 9 heterocycles. The van der Waals surface area contributed by atoms with Crippen molar-refractivity contribution in [1.82, 2.24) is 50.1 Å². The smallest absolute Gasteiger partial charge is 0.582 e. The predicted molar refractivity (Wildman–Crippen MR) is 240 cm³/mol. The Hall–Kier alpha value is -6.36. The Morgan fingerprint density at radius 3 is 0.507 bits per heavy atom. The van der Waals surface area contributed by atoms with Crippen LogP contribution in [0.5, 0.6) is 0 Å². The van der Waals surface area contributed by atoms with E-state index >= 15 is 0 Å². The molecule has 11 nitrogen and oxygen atoms in total. The molecule has 0 fully saturated rings. The van der Waals surface area contributed by atoms with Crippen LogP contribution in [-0.2, 0) is 39.0 Å². The van der Waals surface area contributed by atoms with E-state index < -0.39 is 15.6 Å². The van der Waals surface area contributed by atoms with Gasteiger partial charge in [-0.05, 0) is 97.1 Å². The molecule has 0 saturated heterocycles. The number of aromatic nitrogens is 10. The summed E-state index contributed by atoms with van der Waals surface area (Å²) in [6.45, 7) is 0. The normalized spacial score (nSPS) is 11.7. The summed E-state index contributed by atoms with van der Waals surface area (Å²) in [6.07, 6.45) is 17.4. The van der Waals surface area contributed by atoms with E-state index in [0.717, 1.165) is 52.7 Å². The van der Waals surface area contributed by atoms with Gasteiger partial charge < -0.3 is 15.3 Å². The summed E-state index contributed by atoms with van der Waals surface area (Å²) in [7, 11) is -20.6. The first-order chi connectivity index (χ1) is 32.3. The summed E-state index contributed by atoms with van der Waals surface area (Å²) in [4.78, 5) is 33.5. The Kier molecular flexibility index (Phi) is 26.5. The summed E-state index contributed by atoms with van der Waals surface area (Å²) in [5.41, 5.74) is 7.32. The van der Waals surface area contributed by atoms with Gasteiger partial charge in [-0.25, -0.2) is 0 Å². The molecule has 0 unspecified atom stereocenters. The topological polar surface area (TPSA) is 153 Å². The minimum absolute atomic E-state index is 0. The van der Waals surface area contributed by atoms with E-state index in [1.54, 1.807) is 68.0 Å². The molecule has 71 heavy (non-hydrogen) atoms. The van der Waals surface area contributed by atoms with E-state index in [-0.39, 0.29) is 39.0 Å². The first-order valence-corrected chi connectivity index (χ1v) is 23.0. The molecule has 27 heteroatoms. The van der Waals surface area contributed by atoms with E-state index in [1.807, 2.05) is 146 Å². The van der Waals surface area contributed by atoms with E-state index in [2.05, 4.69) is 50.1 Å². The second kappa shape index (κ2) is 29.1. The zero-order valence-electron chi connectivity index (χ0n) is 36.2. The van der Waals surface area contributed by atoms with Crippen LogP contribution in [0.25, 0.3) is 45.6 Å². The van der Waals surface area contributed by atoms with E-state index in [4.69, 9.17) is 5.11 Å². The summed E-state index contributed by atoms with van der Waals surface area (Å²) >= 11 is 0. The Bertz CT molecular complexity index is 2180. The van der Waals surface area contributed by atoms with E-state index in [9.17, 15) is 50.4 Å². The van der Waals surface area contributed by atoms with Crippen LogP contribution in [0.1, 0.15) is 0 Å². The maximum Gasteiger partial charge on any atom is 2.00 e. The van der Waals surface area contributed by atoms with Crippen molar-refractivity contribution in [2.45, 2.75) is 0 Å². The molecule has 380 valence electrons. The molecule has 0 bridgehead atoms. The van der Waals surface area contributed by atoms with Crippen molar-refractivity contribution in [3.63, 3.8) is 0 Å². The third-order valence-electron chi connectivity index (χ3n) is 6.74. The van der Waals surface area contributed by atoms with Crippen molar-refractivity contribution in [1.29, 1.82) is 0 Å². The number of nitrogens with zero attached hydrogens (tertiary/aromatic N) is 10. The van der Waals surface area contributed by atoms with Crippen LogP contribution in [0, 0.1) is 0 Å². The number of rotatable bonds is 4. The maximum atomic E-state index is 9.87. The SMILES string of the molecule is C[O-].F[P-](F)(F)(F)(F)F.F[P-](F)(F)(F)(F)F.[Ru+2].[Ru+2].c1ccc(-c2ccccn2)nc1.c1ccc(-c2ccccn2)nc1.c1ccc(-c2ccccn2)nc1.c1ccc(-c2ccccn2)nc1.c1cn[n-]c1. The second-order valence-electron chi connectivity index (χ2n) is 12.4. The van der Waals surface area contributed by atoms with Crippen molar-refractivity contribution in [2.75, 3.05) is 7.11 Å². The molecule has 0 spiro atoms. The molecule has 0 aromatic carbocycles. The second-order valence-corrected chi connectivity index (χ2v) is 16.2. The predicted octanol–water partition coefficient (Wildman–Crippen LogP) is 14.3. The van der Waals surface area contributed by atoms with Gasteiger partial charge >= 0.3 is 105 Å². The average molecular weight is 1210 g/mol. The Morgan fingerprint density at radius 1 is 0.282 bits per heavy atom. The van der Waals surface area contributed by atoms with Gasteiger partial charge in [0.2, 0.25) is 0 Å². The Labute approximate surface area is 424 Å². The summed E-state index contributed by atoms with van der Waals surface area (Å²) in [5.74, 6) is 0. The molecule has 0 atom stereocenters. The molecule has 9 aromatic heterocycles. The van der Waals surface area contributed by atoms with Crippen LogP contribution in [-0.4, -0.2) is 52.1 Å². The van der Waals surface area contributed by atoms with Crippen LogP contribution in [0.15, 0.2) is 214 Å². The minimum atomic E-state index is -10.7. The quantitative estimate of drug-likeness (QED) is 0.0940. The molecular weight excluding hydrogens is 1180 g/mol. The van der Waals surface area contributed by atoms with Crippen LogP contribution in [0.2, 0.25) is 0 Å². The van der Waals surface area contributed by atoms with Crippen molar-refractivity contribution in [3.05, 3.63) is 214 Å². The largest absolute Gasteiger partial charge is 2.00 e. The summed E-state index contributed by atoms with van der Waals surface area (Å²) in [5, 5.41) is 15.2. The molecule has 0 N–H and O–H groups in total. The van der Waals surface area contributed by atoms with Crippen molar-refractivity contribution in [2.24, 2.45) is 0 Å².